The molecule has 2 aliphatic carbocycles. The maximum absolute atomic E-state index is 12.9. The molecule has 0 aliphatic heterocycles. The highest BCUT2D eigenvalue weighted by atomic mass is 16.1. The molecule has 3 rings (SSSR count). The summed E-state index contributed by atoms with van der Waals surface area (Å²) in [7, 11) is 0. The third kappa shape index (κ3) is 2.77. The molecule has 2 aliphatic rings. The van der Waals surface area contributed by atoms with Crippen LogP contribution in [0.15, 0.2) is 12.1 Å². The van der Waals surface area contributed by atoms with Gasteiger partial charge in [0.2, 0.25) is 0 Å². The van der Waals surface area contributed by atoms with Crippen molar-refractivity contribution in [3.05, 3.63) is 34.4 Å². The molecule has 0 radical (unpaired) electrons. The van der Waals surface area contributed by atoms with Crippen LogP contribution in [0.1, 0.15) is 107 Å². The number of aryl methyl sites for hydroxylation is 1. The summed E-state index contributed by atoms with van der Waals surface area (Å²) in [6.07, 6.45) is 5.97. The molecule has 3 atom stereocenters. The van der Waals surface area contributed by atoms with Gasteiger partial charge in [0.1, 0.15) is 5.78 Å². The number of rotatable bonds is 4. The monoisotopic (exact) mass is 354 g/mol. The van der Waals surface area contributed by atoms with Gasteiger partial charge in [0.05, 0.1) is 0 Å². The molecule has 0 heterocycles. The lowest BCUT2D eigenvalue weighted by atomic mass is 9.48. The van der Waals surface area contributed by atoms with E-state index in [9.17, 15) is 9.59 Å². The molecule has 3 unspecified atom stereocenters. The van der Waals surface area contributed by atoms with Gasteiger partial charge in [0, 0.05) is 17.4 Å². The zero-order chi connectivity index (χ0) is 19.3. The van der Waals surface area contributed by atoms with Crippen LogP contribution in [0.3, 0.4) is 0 Å². The van der Waals surface area contributed by atoms with Gasteiger partial charge in [0.25, 0.3) is 0 Å². The Balaban J connectivity index is 2.17. The van der Waals surface area contributed by atoms with Crippen molar-refractivity contribution >= 4 is 11.6 Å². The van der Waals surface area contributed by atoms with Crippen LogP contribution in [0.4, 0.5) is 0 Å². The van der Waals surface area contributed by atoms with Crippen LogP contribution in [0, 0.1) is 11.3 Å². The molecule has 0 amide bonds. The number of Topliss-reactive ketones (excluding diaryl/α,β-unsaturated/α-hetero) is 2. The quantitative estimate of drug-likeness (QED) is 0.621. The van der Waals surface area contributed by atoms with E-state index in [4.69, 9.17) is 0 Å². The third-order valence-electron chi connectivity index (χ3n) is 7.48. The van der Waals surface area contributed by atoms with Gasteiger partial charge in [-0.05, 0) is 72.6 Å². The van der Waals surface area contributed by atoms with Gasteiger partial charge in [-0.15, -0.1) is 0 Å². The molecule has 2 heteroatoms. The maximum Gasteiger partial charge on any atom is 0.160 e. The lowest BCUT2D eigenvalue weighted by Crippen LogP contribution is -2.52. The summed E-state index contributed by atoms with van der Waals surface area (Å²) in [6.45, 7) is 12.6. The van der Waals surface area contributed by atoms with E-state index < -0.39 is 0 Å². The van der Waals surface area contributed by atoms with Crippen molar-refractivity contribution in [1.82, 2.24) is 0 Å². The summed E-state index contributed by atoms with van der Waals surface area (Å²) < 4.78 is 0. The number of benzene rings is 1. The predicted molar refractivity (Wildman–Crippen MR) is 107 cm³/mol. The van der Waals surface area contributed by atoms with Gasteiger partial charge in [-0.25, -0.2) is 0 Å². The molecular formula is C24H34O2. The second-order valence-corrected chi connectivity index (χ2v) is 9.36. The van der Waals surface area contributed by atoms with Gasteiger partial charge in [-0.3, -0.25) is 9.59 Å². The molecule has 2 nitrogen and oxygen atoms in total. The van der Waals surface area contributed by atoms with Crippen molar-refractivity contribution in [3.8, 4) is 0 Å². The van der Waals surface area contributed by atoms with Gasteiger partial charge < -0.3 is 0 Å². The summed E-state index contributed by atoms with van der Waals surface area (Å²) in [6, 6.07) is 4.49. The van der Waals surface area contributed by atoms with Gasteiger partial charge in [-0.1, -0.05) is 47.1 Å². The number of fused-ring (bicyclic) bond motifs is 3. The Morgan fingerprint density at radius 1 is 1.19 bits per heavy atom. The Morgan fingerprint density at radius 3 is 2.46 bits per heavy atom. The molecule has 1 fully saturated rings. The number of carbonyl (C=O) groups is 2. The fourth-order valence-electron chi connectivity index (χ4n) is 6.06. The van der Waals surface area contributed by atoms with Crippen LogP contribution in [-0.4, -0.2) is 11.6 Å². The van der Waals surface area contributed by atoms with Gasteiger partial charge in [-0.2, -0.15) is 0 Å². The van der Waals surface area contributed by atoms with Gasteiger partial charge in [0.15, 0.2) is 5.78 Å². The topological polar surface area (TPSA) is 34.1 Å². The van der Waals surface area contributed by atoms with E-state index in [2.05, 4.69) is 39.8 Å². The molecule has 0 saturated heterocycles. The molecule has 0 aromatic heterocycles. The Kier molecular flexibility index (Phi) is 4.92. The maximum atomic E-state index is 12.9. The van der Waals surface area contributed by atoms with Crippen molar-refractivity contribution in [2.75, 3.05) is 0 Å². The first-order valence-electron chi connectivity index (χ1n) is 10.4. The van der Waals surface area contributed by atoms with E-state index in [-0.39, 0.29) is 16.6 Å². The SMILES string of the molecule is CCC(=O)C1(C)CCCC2(C)c3cc(C(C)=O)c(C(C)C)cc3CCC12. The summed E-state index contributed by atoms with van der Waals surface area (Å²) in [5.41, 5.74) is 4.61. The van der Waals surface area contributed by atoms with Crippen LogP contribution in [-0.2, 0) is 16.6 Å². The number of carbonyl (C=O) groups excluding carboxylic acids is 2. The molecule has 0 spiro atoms. The minimum absolute atomic E-state index is 0.00508. The second kappa shape index (κ2) is 6.62. The zero-order valence-electron chi connectivity index (χ0n) is 17.4. The van der Waals surface area contributed by atoms with Crippen LogP contribution in [0.25, 0.3) is 0 Å². The zero-order valence-corrected chi connectivity index (χ0v) is 17.4. The summed E-state index contributed by atoms with van der Waals surface area (Å²) >= 11 is 0. The normalized spacial score (nSPS) is 30.7. The average Bonchev–Trinajstić information content (AvgIpc) is 2.59. The van der Waals surface area contributed by atoms with E-state index in [1.807, 2.05) is 6.92 Å². The van der Waals surface area contributed by atoms with Crippen molar-refractivity contribution in [3.63, 3.8) is 0 Å². The molecular weight excluding hydrogens is 320 g/mol. The van der Waals surface area contributed by atoms with Gasteiger partial charge >= 0.3 is 0 Å². The molecule has 142 valence electrons. The minimum Gasteiger partial charge on any atom is -0.299 e. The fourth-order valence-corrected chi connectivity index (χ4v) is 6.06. The van der Waals surface area contributed by atoms with Crippen molar-refractivity contribution in [2.24, 2.45) is 11.3 Å². The van der Waals surface area contributed by atoms with Crippen LogP contribution in [0.2, 0.25) is 0 Å². The molecule has 0 N–H and O–H groups in total. The van der Waals surface area contributed by atoms with Crippen LogP contribution < -0.4 is 0 Å². The Labute approximate surface area is 158 Å². The summed E-state index contributed by atoms with van der Waals surface area (Å²) in [5.74, 6) is 1.31. The first-order chi connectivity index (χ1) is 12.1. The summed E-state index contributed by atoms with van der Waals surface area (Å²) in [5, 5.41) is 0. The lowest BCUT2D eigenvalue weighted by molar-refractivity contribution is -0.136. The van der Waals surface area contributed by atoms with E-state index >= 15 is 0 Å². The molecule has 1 saturated carbocycles. The Morgan fingerprint density at radius 2 is 1.88 bits per heavy atom. The van der Waals surface area contributed by atoms with Crippen LogP contribution in [0.5, 0.6) is 0 Å². The smallest absolute Gasteiger partial charge is 0.160 e. The van der Waals surface area contributed by atoms with E-state index in [1.54, 1.807) is 6.92 Å². The van der Waals surface area contributed by atoms with E-state index in [1.165, 1.54) is 16.7 Å². The highest BCUT2D eigenvalue weighted by molar-refractivity contribution is 5.96. The number of hydrogen-bond acceptors (Lipinski definition) is 2. The first-order valence-corrected chi connectivity index (χ1v) is 10.4. The second-order valence-electron chi connectivity index (χ2n) is 9.36. The first kappa shape index (κ1) is 19.3. The fraction of sp³-hybridized carbons (Fsp3) is 0.667. The third-order valence-corrected chi connectivity index (χ3v) is 7.48. The Hall–Kier alpha value is -1.44. The minimum atomic E-state index is -0.216. The lowest BCUT2D eigenvalue weighted by Gasteiger charge is -2.55. The molecule has 1 aromatic carbocycles. The predicted octanol–water partition coefficient (Wildman–Crippen LogP) is 6.00. The number of ketones is 2. The van der Waals surface area contributed by atoms with Crippen molar-refractivity contribution in [2.45, 2.75) is 91.4 Å². The van der Waals surface area contributed by atoms with Crippen LogP contribution >= 0.6 is 0 Å². The highest BCUT2D eigenvalue weighted by Crippen LogP contribution is 2.58. The standard InChI is InChI=1S/C24H34O2/c1-7-22(26)24(6)12-8-11-23(5)20-14-19(16(4)25)18(15(2)3)13-17(20)9-10-21(23)24/h13-15,21H,7-12H2,1-6H3. The number of hydrogen-bond donors (Lipinski definition) is 0. The van der Waals surface area contributed by atoms with Crippen molar-refractivity contribution < 1.29 is 9.59 Å². The molecule has 0 bridgehead atoms. The van der Waals surface area contributed by atoms with E-state index in [0.29, 0.717) is 24.0 Å². The van der Waals surface area contributed by atoms with E-state index in [0.717, 1.165) is 37.7 Å². The summed E-state index contributed by atoms with van der Waals surface area (Å²) in [4.78, 5) is 25.2. The largest absolute Gasteiger partial charge is 0.299 e. The highest BCUT2D eigenvalue weighted by Gasteiger charge is 2.54. The molecule has 26 heavy (non-hydrogen) atoms. The molecule has 1 aromatic rings. The van der Waals surface area contributed by atoms with Crippen molar-refractivity contribution in [1.29, 1.82) is 0 Å². The Bertz CT molecular complexity index is 745. The average molecular weight is 355 g/mol.